The van der Waals surface area contributed by atoms with Gasteiger partial charge in [-0.2, -0.15) is 0 Å². The number of rotatable bonds is 14. The maximum Gasteiger partial charge on any atom is 0.289 e. The molecule has 13 nitrogen and oxygen atoms in total. The minimum atomic E-state index is -1.02. The number of carbonyl (C=O) groups excluding carboxylic acids is 6. The Morgan fingerprint density at radius 3 is 2.23 bits per heavy atom. The summed E-state index contributed by atoms with van der Waals surface area (Å²) in [7, 11) is 0. The lowest BCUT2D eigenvalue weighted by molar-refractivity contribution is -0.146. The van der Waals surface area contributed by atoms with Crippen molar-refractivity contribution in [2.45, 2.75) is 124 Å². The number of nitrogens with zero attached hydrogens (tertiary/aromatic N) is 3. The topological polar surface area (TPSA) is 180 Å². The van der Waals surface area contributed by atoms with E-state index in [1.807, 2.05) is 34.6 Å². The molecular formula is C34H53N7O6. The van der Waals surface area contributed by atoms with Crippen LogP contribution < -0.4 is 21.3 Å². The number of Topliss-reactive ketones (excluding diaryl/α,β-unsaturated/α-hetero) is 1. The molecule has 0 spiro atoms. The highest BCUT2D eigenvalue weighted by Crippen LogP contribution is 2.43. The van der Waals surface area contributed by atoms with Crippen molar-refractivity contribution in [3.63, 3.8) is 0 Å². The molecule has 1 aromatic heterocycles. The number of carbonyl (C=O) groups is 6. The van der Waals surface area contributed by atoms with Gasteiger partial charge in [0.25, 0.3) is 11.8 Å². The summed E-state index contributed by atoms with van der Waals surface area (Å²) in [5.74, 6) is -3.73. The Labute approximate surface area is 278 Å². The van der Waals surface area contributed by atoms with Crippen molar-refractivity contribution in [2.75, 3.05) is 6.54 Å². The zero-order chi connectivity index (χ0) is 35.1. The minimum absolute atomic E-state index is 0.0593. The van der Waals surface area contributed by atoms with Gasteiger partial charge in [-0.05, 0) is 55.8 Å². The molecular weight excluding hydrogens is 602 g/mol. The van der Waals surface area contributed by atoms with Gasteiger partial charge in [0.2, 0.25) is 23.5 Å². The third kappa shape index (κ3) is 9.35. The predicted molar refractivity (Wildman–Crippen MR) is 176 cm³/mol. The lowest BCUT2D eigenvalue weighted by Gasteiger charge is -2.37. The largest absolute Gasteiger partial charge is 0.347 e. The Kier molecular flexibility index (Phi) is 13.0. The highest BCUT2D eigenvalue weighted by molar-refractivity contribution is 6.38. The van der Waals surface area contributed by atoms with Gasteiger partial charge in [0.1, 0.15) is 23.8 Å². The number of hydrogen-bond donors (Lipinski definition) is 4. The number of nitrogens with one attached hydrogen (secondary N) is 4. The van der Waals surface area contributed by atoms with Crippen LogP contribution in [0.1, 0.15) is 104 Å². The Morgan fingerprint density at radius 2 is 1.66 bits per heavy atom. The third-order valence-corrected chi connectivity index (χ3v) is 9.30. The Hall–Kier alpha value is -3.90. The van der Waals surface area contributed by atoms with Crippen molar-refractivity contribution < 1.29 is 28.8 Å². The van der Waals surface area contributed by atoms with Gasteiger partial charge in [-0.15, -0.1) is 0 Å². The molecule has 1 aliphatic heterocycles. The molecule has 2 fully saturated rings. The molecule has 4 N–H and O–H groups in total. The molecule has 0 bridgehead atoms. The van der Waals surface area contributed by atoms with Gasteiger partial charge >= 0.3 is 0 Å². The molecule has 0 radical (unpaired) electrons. The molecule has 13 heteroatoms. The van der Waals surface area contributed by atoms with Crippen LogP contribution in [0.5, 0.6) is 0 Å². The quantitative estimate of drug-likeness (QED) is 0.220. The third-order valence-electron chi connectivity index (χ3n) is 9.30. The van der Waals surface area contributed by atoms with E-state index in [1.54, 1.807) is 25.7 Å². The molecule has 7 atom stereocenters. The molecule has 1 aliphatic carbocycles. The second-order valence-corrected chi connectivity index (χ2v) is 14.4. The molecule has 2 heterocycles. The minimum Gasteiger partial charge on any atom is -0.347 e. The lowest BCUT2D eigenvalue weighted by Crippen LogP contribution is -2.62. The fourth-order valence-electron chi connectivity index (χ4n) is 6.45. The summed E-state index contributed by atoms with van der Waals surface area (Å²) in [6.45, 7) is 15.0. The van der Waals surface area contributed by atoms with E-state index in [-0.39, 0.29) is 35.9 Å². The van der Waals surface area contributed by atoms with Crippen molar-refractivity contribution in [1.29, 1.82) is 0 Å². The van der Waals surface area contributed by atoms with Crippen molar-refractivity contribution in [3.05, 3.63) is 24.3 Å². The van der Waals surface area contributed by atoms with Gasteiger partial charge in [-0.1, -0.05) is 61.3 Å². The van der Waals surface area contributed by atoms with E-state index >= 15 is 0 Å². The average Bonchev–Trinajstić information content (AvgIpc) is 3.62. The van der Waals surface area contributed by atoms with E-state index in [1.165, 1.54) is 18.6 Å². The van der Waals surface area contributed by atoms with Gasteiger partial charge in [-0.25, -0.2) is 4.98 Å². The molecule has 2 unspecified atom stereocenters. The van der Waals surface area contributed by atoms with Gasteiger partial charge in [0, 0.05) is 25.0 Å². The van der Waals surface area contributed by atoms with Crippen LogP contribution in [0.2, 0.25) is 0 Å². The van der Waals surface area contributed by atoms with E-state index in [4.69, 9.17) is 0 Å². The monoisotopic (exact) mass is 655 g/mol. The number of ketones is 1. The maximum absolute atomic E-state index is 14.4. The maximum atomic E-state index is 14.4. The second kappa shape index (κ2) is 16.3. The molecule has 260 valence electrons. The molecule has 1 saturated carbocycles. The Bertz CT molecular complexity index is 1300. The molecule has 1 aromatic rings. The molecule has 47 heavy (non-hydrogen) atoms. The summed E-state index contributed by atoms with van der Waals surface area (Å²) in [5.41, 5.74) is -0.694. The van der Waals surface area contributed by atoms with Crippen LogP contribution in [0.4, 0.5) is 0 Å². The van der Waals surface area contributed by atoms with Gasteiger partial charge < -0.3 is 26.2 Å². The Morgan fingerprint density at radius 1 is 0.957 bits per heavy atom. The normalized spacial score (nSPS) is 21.6. The summed E-state index contributed by atoms with van der Waals surface area (Å²) in [6, 6.07) is -4.04. The van der Waals surface area contributed by atoms with E-state index in [0.717, 1.165) is 19.3 Å². The fraction of sp³-hybridized carbons (Fsp3) is 0.706. The number of amides is 5. The van der Waals surface area contributed by atoms with E-state index in [9.17, 15) is 28.8 Å². The van der Waals surface area contributed by atoms with Crippen LogP contribution in [-0.4, -0.2) is 86.9 Å². The number of likely N-dealkylation sites (tertiary alicyclic amines) is 1. The van der Waals surface area contributed by atoms with Gasteiger partial charge in [-0.3, -0.25) is 33.8 Å². The molecule has 3 rings (SSSR count). The van der Waals surface area contributed by atoms with Crippen LogP contribution >= 0.6 is 0 Å². The number of fused-ring (bicyclic) bond motifs is 1. The first kappa shape index (κ1) is 37.6. The van der Waals surface area contributed by atoms with Crippen molar-refractivity contribution in [3.8, 4) is 0 Å². The highest BCUT2D eigenvalue weighted by Gasteiger charge is 2.52. The lowest BCUT2D eigenvalue weighted by atomic mass is 9.85. The van der Waals surface area contributed by atoms with Crippen molar-refractivity contribution in [1.82, 2.24) is 36.1 Å². The van der Waals surface area contributed by atoms with E-state index in [2.05, 4.69) is 31.2 Å². The summed E-state index contributed by atoms with van der Waals surface area (Å²) < 4.78 is 0. The van der Waals surface area contributed by atoms with Gasteiger partial charge in [0.15, 0.2) is 0 Å². The van der Waals surface area contributed by atoms with Crippen LogP contribution in [-0.2, 0) is 24.0 Å². The molecule has 2 aliphatic rings. The zero-order valence-corrected chi connectivity index (χ0v) is 29.1. The number of hydrogen-bond acceptors (Lipinski definition) is 8. The van der Waals surface area contributed by atoms with Crippen LogP contribution in [0.3, 0.4) is 0 Å². The predicted octanol–water partition coefficient (Wildman–Crippen LogP) is 2.16. The molecule has 1 saturated heterocycles. The van der Waals surface area contributed by atoms with Crippen molar-refractivity contribution in [2.24, 2.45) is 23.2 Å². The number of aromatic nitrogens is 2. The Balaban J connectivity index is 1.85. The van der Waals surface area contributed by atoms with E-state index in [0.29, 0.717) is 19.4 Å². The SMILES string of the molecule is CCCC(NC(=O)[C@@H]1[C@H]2CCC[C@H]2CN1C(=O)C(NC(=O)[C@H](NC(=O)c1cnccn1)C(C)C)C(C)(C)C)C(=O)C(=O)N[C@H](C)CC. The summed E-state index contributed by atoms with van der Waals surface area (Å²) in [4.78, 5) is 90.3. The first-order valence-corrected chi connectivity index (χ1v) is 16.9. The second-order valence-electron chi connectivity index (χ2n) is 14.4. The standard InChI is InChI=1S/C34H53N7O6/c1-9-12-23(27(42)32(46)37-20(5)10-2)38-31(45)26-22-14-11-13-21(22)18-41(26)33(47)28(34(6,7)8)40-30(44)25(19(3)4)39-29(43)24-17-35-15-16-36-24/h15-17,19-23,25-26,28H,9-14,18H2,1-8H3,(H,37,46)(H,38,45)(H,39,43)(H,40,44)/t20-,21+,22+,23?,25-,26+,28?/m1/s1. The van der Waals surface area contributed by atoms with Crippen molar-refractivity contribution >= 4 is 35.3 Å². The van der Waals surface area contributed by atoms with Crippen LogP contribution in [0, 0.1) is 23.2 Å². The zero-order valence-electron chi connectivity index (χ0n) is 29.1. The summed E-state index contributed by atoms with van der Waals surface area (Å²) >= 11 is 0. The van der Waals surface area contributed by atoms with Crippen LogP contribution in [0.15, 0.2) is 18.6 Å². The van der Waals surface area contributed by atoms with E-state index < -0.39 is 64.9 Å². The highest BCUT2D eigenvalue weighted by atomic mass is 16.2. The summed E-state index contributed by atoms with van der Waals surface area (Å²) in [5, 5.41) is 11.1. The van der Waals surface area contributed by atoms with Gasteiger partial charge in [0.05, 0.1) is 12.2 Å². The first-order valence-electron chi connectivity index (χ1n) is 16.9. The fourth-order valence-corrected chi connectivity index (χ4v) is 6.45. The smallest absolute Gasteiger partial charge is 0.289 e. The summed E-state index contributed by atoms with van der Waals surface area (Å²) in [6.07, 6.45) is 8.18. The van der Waals surface area contributed by atoms with Crippen LogP contribution in [0.25, 0.3) is 0 Å². The molecule has 0 aromatic carbocycles. The molecule has 5 amide bonds. The average molecular weight is 656 g/mol. The first-order chi connectivity index (χ1) is 22.1.